The minimum Gasteiger partial charge on any atom is -0.494 e. The van der Waals surface area contributed by atoms with Crippen LogP contribution in [0, 0.1) is 0 Å². The maximum atomic E-state index is 11.2. The van der Waals surface area contributed by atoms with Gasteiger partial charge >= 0.3 is 0 Å². The number of ketones is 1. The number of anilines is 1. The van der Waals surface area contributed by atoms with Gasteiger partial charge in [-0.15, -0.1) is 0 Å². The second-order valence-electron chi connectivity index (χ2n) is 2.82. The minimum atomic E-state index is -0.147. The molecule has 0 bridgehead atoms. The van der Waals surface area contributed by atoms with Crippen LogP contribution in [0.1, 0.15) is 27.6 Å². The Balaban J connectivity index is 3.43. The summed E-state index contributed by atoms with van der Waals surface area (Å²) >= 11 is 0. The quantitative estimate of drug-likeness (QED) is 0.446. The molecule has 0 spiro atoms. The van der Waals surface area contributed by atoms with Crippen molar-refractivity contribution in [1.29, 1.82) is 0 Å². The average molecular weight is 193 g/mol. The molecule has 0 aliphatic rings. The van der Waals surface area contributed by atoms with Crippen LogP contribution < -0.4 is 10.5 Å². The van der Waals surface area contributed by atoms with Crippen LogP contribution in [-0.4, -0.2) is 19.2 Å². The van der Waals surface area contributed by atoms with E-state index >= 15 is 0 Å². The van der Waals surface area contributed by atoms with Gasteiger partial charge in [-0.25, -0.2) is 0 Å². The normalized spacial score (nSPS) is 9.57. The number of Topliss-reactive ketones (excluding diaryl/α,β-unsaturated/α-hetero) is 1. The minimum absolute atomic E-state index is 0.147. The zero-order chi connectivity index (χ0) is 10.7. The van der Waals surface area contributed by atoms with Gasteiger partial charge in [-0.3, -0.25) is 9.59 Å². The van der Waals surface area contributed by atoms with Crippen molar-refractivity contribution in [2.75, 3.05) is 12.8 Å². The Kier molecular flexibility index (Phi) is 2.86. The van der Waals surface area contributed by atoms with E-state index in [1.165, 1.54) is 26.2 Å². The highest BCUT2D eigenvalue weighted by molar-refractivity contribution is 6.01. The smallest absolute Gasteiger partial charge is 0.163 e. The Bertz CT molecular complexity index is 385. The van der Waals surface area contributed by atoms with Crippen molar-refractivity contribution in [2.45, 2.75) is 6.92 Å². The van der Waals surface area contributed by atoms with Gasteiger partial charge in [-0.05, 0) is 19.1 Å². The average Bonchev–Trinajstić information content (AvgIpc) is 2.17. The highest BCUT2D eigenvalue weighted by Gasteiger charge is 2.13. The third-order valence-corrected chi connectivity index (χ3v) is 1.94. The highest BCUT2D eigenvalue weighted by Crippen LogP contribution is 2.29. The zero-order valence-electron chi connectivity index (χ0n) is 8.03. The molecule has 1 aromatic rings. The molecule has 0 unspecified atom stereocenters. The number of nitrogens with two attached hydrogens (primary N) is 1. The van der Waals surface area contributed by atoms with Crippen molar-refractivity contribution in [3.05, 3.63) is 23.3 Å². The Morgan fingerprint density at radius 3 is 2.57 bits per heavy atom. The number of methoxy groups -OCH3 is 1. The zero-order valence-corrected chi connectivity index (χ0v) is 8.03. The van der Waals surface area contributed by atoms with Crippen molar-refractivity contribution in [3.63, 3.8) is 0 Å². The van der Waals surface area contributed by atoms with Crippen LogP contribution in [0.25, 0.3) is 0 Å². The first-order valence-corrected chi connectivity index (χ1v) is 4.04. The van der Waals surface area contributed by atoms with Crippen molar-refractivity contribution >= 4 is 17.8 Å². The van der Waals surface area contributed by atoms with Gasteiger partial charge in [0, 0.05) is 5.56 Å². The number of hydrogen-bond donors (Lipinski definition) is 1. The van der Waals surface area contributed by atoms with Crippen LogP contribution >= 0.6 is 0 Å². The van der Waals surface area contributed by atoms with Crippen LogP contribution in [0.5, 0.6) is 5.75 Å². The summed E-state index contributed by atoms with van der Waals surface area (Å²) in [6, 6.07) is 3.03. The van der Waals surface area contributed by atoms with E-state index in [4.69, 9.17) is 10.5 Å². The molecule has 0 atom stereocenters. The van der Waals surface area contributed by atoms with Gasteiger partial charge in [-0.2, -0.15) is 0 Å². The van der Waals surface area contributed by atoms with Crippen molar-refractivity contribution in [3.8, 4) is 5.75 Å². The Morgan fingerprint density at radius 1 is 1.50 bits per heavy atom. The molecule has 1 rings (SSSR count). The fourth-order valence-corrected chi connectivity index (χ4v) is 1.21. The first-order chi connectivity index (χ1) is 6.61. The van der Waals surface area contributed by atoms with E-state index < -0.39 is 0 Å². The van der Waals surface area contributed by atoms with E-state index in [2.05, 4.69) is 0 Å². The van der Waals surface area contributed by atoms with Crippen LogP contribution in [0.3, 0.4) is 0 Å². The number of carbonyl (C=O) groups is 2. The van der Waals surface area contributed by atoms with Crippen LogP contribution in [0.4, 0.5) is 5.69 Å². The number of rotatable bonds is 3. The molecule has 0 aromatic heterocycles. The number of nitrogen functional groups attached to an aromatic ring is 1. The molecular formula is C10H11NO3. The summed E-state index contributed by atoms with van der Waals surface area (Å²) < 4.78 is 4.98. The second kappa shape index (κ2) is 3.91. The van der Waals surface area contributed by atoms with Gasteiger partial charge in [0.15, 0.2) is 17.8 Å². The van der Waals surface area contributed by atoms with Crippen LogP contribution in [0.15, 0.2) is 12.1 Å². The third-order valence-electron chi connectivity index (χ3n) is 1.94. The fourth-order valence-electron chi connectivity index (χ4n) is 1.21. The molecule has 4 heteroatoms. The largest absolute Gasteiger partial charge is 0.494 e. The number of benzene rings is 1. The lowest BCUT2D eigenvalue weighted by Gasteiger charge is -2.09. The molecule has 0 aliphatic carbocycles. The summed E-state index contributed by atoms with van der Waals surface area (Å²) in [6.07, 6.45) is 0.627. The molecular weight excluding hydrogens is 182 g/mol. The topological polar surface area (TPSA) is 69.4 Å². The molecule has 14 heavy (non-hydrogen) atoms. The lowest BCUT2D eigenvalue weighted by Crippen LogP contribution is -2.04. The van der Waals surface area contributed by atoms with E-state index in [0.29, 0.717) is 17.4 Å². The summed E-state index contributed by atoms with van der Waals surface area (Å²) in [4.78, 5) is 21.7. The van der Waals surface area contributed by atoms with E-state index in [0.717, 1.165) is 0 Å². The van der Waals surface area contributed by atoms with E-state index in [1.54, 1.807) is 0 Å². The molecule has 2 N–H and O–H groups in total. The molecule has 0 fully saturated rings. The standard InChI is InChI=1S/C10H11NO3/c1-6(13)8-4-3-7(5-12)9(11)10(8)14-2/h3-5H,11H2,1-2H3. The number of aldehydes is 1. The molecule has 0 saturated carbocycles. The maximum absolute atomic E-state index is 11.2. The first-order valence-electron chi connectivity index (χ1n) is 4.04. The van der Waals surface area contributed by atoms with Crippen LogP contribution in [-0.2, 0) is 0 Å². The monoisotopic (exact) mass is 193 g/mol. The summed E-state index contributed by atoms with van der Waals surface area (Å²) in [5, 5.41) is 0. The summed E-state index contributed by atoms with van der Waals surface area (Å²) in [5.74, 6) is 0.119. The van der Waals surface area contributed by atoms with E-state index in [-0.39, 0.29) is 17.2 Å². The Hall–Kier alpha value is -1.84. The van der Waals surface area contributed by atoms with Gasteiger partial charge in [0.1, 0.15) is 0 Å². The molecule has 4 nitrogen and oxygen atoms in total. The summed E-state index contributed by atoms with van der Waals surface area (Å²) in [6.45, 7) is 1.41. The Morgan fingerprint density at radius 2 is 2.14 bits per heavy atom. The number of carbonyl (C=O) groups excluding carboxylic acids is 2. The predicted molar refractivity (Wildman–Crippen MR) is 52.8 cm³/mol. The first kappa shape index (κ1) is 10.2. The fraction of sp³-hybridized carbons (Fsp3) is 0.200. The van der Waals surface area contributed by atoms with Crippen molar-refractivity contribution in [1.82, 2.24) is 0 Å². The molecule has 0 radical (unpaired) electrons. The van der Waals surface area contributed by atoms with Gasteiger partial charge in [0.25, 0.3) is 0 Å². The third kappa shape index (κ3) is 1.59. The summed E-state index contributed by atoms with van der Waals surface area (Å²) in [5.41, 5.74) is 6.55. The van der Waals surface area contributed by atoms with E-state index in [9.17, 15) is 9.59 Å². The van der Waals surface area contributed by atoms with Gasteiger partial charge < -0.3 is 10.5 Å². The molecule has 0 saturated heterocycles. The van der Waals surface area contributed by atoms with E-state index in [1.807, 2.05) is 0 Å². The molecule has 1 aromatic carbocycles. The molecule has 0 amide bonds. The lowest BCUT2D eigenvalue weighted by molar-refractivity contribution is 0.101. The van der Waals surface area contributed by atoms with Gasteiger partial charge in [-0.1, -0.05) is 0 Å². The summed E-state index contributed by atoms with van der Waals surface area (Å²) in [7, 11) is 1.41. The van der Waals surface area contributed by atoms with Gasteiger partial charge in [0.2, 0.25) is 0 Å². The lowest BCUT2D eigenvalue weighted by atomic mass is 10.1. The maximum Gasteiger partial charge on any atom is 0.163 e. The van der Waals surface area contributed by atoms with Gasteiger partial charge in [0.05, 0.1) is 18.4 Å². The Labute approximate surface area is 81.7 Å². The number of ether oxygens (including phenoxy) is 1. The van der Waals surface area contributed by atoms with Crippen molar-refractivity contribution < 1.29 is 14.3 Å². The predicted octanol–water partition coefficient (Wildman–Crippen LogP) is 1.29. The second-order valence-corrected chi connectivity index (χ2v) is 2.82. The molecule has 0 aliphatic heterocycles. The highest BCUT2D eigenvalue weighted by atomic mass is 16.5. The van der Waals surface area contributed by atoms with Crippen molar-refractivity contribution in [2.24, 2.45) is 0 Å². The molecule has 0 heterocycles. The number of hydrogen-bond acceptors (Lipinski definition) is 4. The SMILES string of the molecule is COc1c(C(C)=O)ccc(C=O)c1N. The van der Waals surface area contributed by atoms with Crippen LogP contribution in [0.2, 0.25) is 0 Å². The molecule has 74 valence electrons.